The highest BCUT2D eigenvalue weighted by Crippen LogP contribution is 2.67. The van der Waals surface area contributed by atoms with Gasteiger partial charge in [0.05, 0.1) is 0 Å². The molecule has 0 unspecified atom stereocenters. The van der Waals surface area contributed by atoms with E-state index in [0.717, 1.165) is 48.9 Å². The number of hydrogen-bond donors (Lipinski definition) is 0. The van der Waals surface area contributed by atoms with Gasteiger partial charge < -0.3 is 4.74 Å². The first-order valence-corrected chi connectivity index (χ1v) is 25.2. The number of carbonyl (C=O) groups excluding carboxylic acids is 1. The van der Waals surface area contributed by atoms with Gasteiger partial charge in [-0.25, -0.2) is 0 Å². The smallest absolute Gasteiger partial charge is 0.306 e. The van der Waals surface area contributed by atoms with Crippen molar-refractivity contribution in [2.75, 3.05) is 0 Å². The Labute approximate surface area is 344 Å². The molecule has 0 radical (unpaired) electrons. The molecule has 2 heteroatoms. The van der Waals surface area contributed by atoms with E-state index >= 15 is 0 Å². The van der Waals surface area contributed by atoms with Crippen LogP contribution in [0, 0.1) is 52.3 Å². The number of hydrogen-bond acceptors (Lipinski definition) is 2. The molecule has 0 heterocycles. The van der Waals surface area contributed by atoms with Crippen LogP contribution >= 0.6 is 0 Å². The molecule has 0 amide bonds. The third kappa shape index (κ3) is 14.0. The molecular formula is C53H94O2. The highest BCUT2D eigenvalue weighted by molar-refractivity contribution is 5.69. The number of fused-ring (bicyclic) bond motifs is 5. The van der Waals surface area contributed by atoms with E-state index < -0.39 is 0 Å². The SMILES string of the molecule is CCCCCCCCCCCCCCCCCCCCCCCC(=O)O[C@H]1CC[C@@]2(C)C(=CC[C@H]3[C@@H]4CC[C@H]([C@H](C)/C=C/[C@@H](CC)C(C)C)[C@@]4(C)CC[C@@H]32)C1. The lowest BCUT2D eigenvalue weighted by atomic mass is 9.47. The zero-order valence-corrected chi connectivity index (χ0v) is 38.1. The van der Waals surface area contributed by atoms with Gasteiger partial charge in [-0.05, 0) is 110 Å². The quantitative estimate of drug-likeness (QED) is 0.0451. The maximum absolute atomic E-state index is 12.9. The molecule has 4 aliphatic carbocycles. The van der Waals surface area contributed by atoms with Gasteiger partial charge in [-0.15, -0.1) is 0 Å². The molecule has 55 heavy (non-hydrogen) atoms. The number of carbonyl (C=O) groups is 1. The maximum Gasteiger partial charge on any atom is 0.306 e. The number of ether oxygens (including phenoxy) is 1. The summed E-state index contributed by atoms with van der Waals surface area (Å²) in [4.78, 5) is 12.9. The highest BCUT2D eigenvalue weighted by atomic mass is 16.5. The van der Waals surface area contributed by atoms with Crippen molar-refractivity contribution in [3.8, 4) is 0 Å². The molecular weight excluding hydrogens is 669 g/mol. The van der Waals surface area contributed by atoms with E-state index in [9.17, 15) is 4.79 Å². The average molecular weight is 763 g/mol. The Bertz CT molecular complexity index is 1120. The third-order valence-corrected chi connectivity index (χ3v) is 16.5. The van der Waals surface area contributed by atoms with Gasteiger partial charge in [0, 0.05) is 12.8 Å². The van der Waals surface area contributed by atoms with Crippen LogP contribution in [0.25, 0.3) is 0 Å². The topological polar surface area (TPSA) is 26.3 Å². The summed E-state index contributed by atoms with van der Waals surface area (Å²) in [7, 11) is 0. The van der Waals surface area contributed by atoms with Gasteiger partial charge >= 0.3 is 5.97 Å². The second kappa shape index (κ2) is 24.8. The molecule has 0 spiro atoms. The fourth-order valence-electron chi connectivity index (χ4n) is 12.9. The van der Waals surface area contributed by atoms with E-state index in [1.165, 1.54) is 173 Å². The largest absolute Gasteiger partial charge is 0.462 e. The number of allylic oxidation sites excluding steroid dienone is 3. The van der Waals surface area contributed by atoms with Crippen molar-refractivity contribution in [3.05, 3.63) is 23.8 Å². The molecule has 0 aromatic rings. The summed E-state index contributed by atoms with van der Waals surface area (Å²) in [6, 6.07) is 0. The second-order valence-electron chi connectivity index (χ2n) is 20.7. The van der Waals surface area contributed by atoms with E-state index in [1.807, 2.05) is 0 Å². The Hall–Kier alpha value is -1.05. The molecule has 4 rings (SSSR count). The third-order valence-electron chi connectivity index (χ3n) is 16.5. The van der Waals surface area contributed by atoms with Gasteiger partial charge in [0.25, 0.3) is 0 Å². The van der Waals surface area contributed by atoms with Crippen LogP contribution in [0.4, 0.5) is 0 Å². The summed E-state index contributed by atoms with van der Waals surface area (Å²) in [5.41, 5.74) is 2.44. The van der Waals surface area contributed by atoms with Crippen molar-refractivity contribution in [2.24, 2.45) is 52.3 Å². The van der Waals surface area contributed by atoms with Crippen LogP contribution in [0.5, 0.6) is 0 Å². The van der Waals surface area contributed by atoms with E-state index in [-0.39, 0.29) is 12.1 Å². The summed E-state index contributed by atoms with van der Waals surface area (Å²) >= 11 is 0. The normalized spacial score (nSPS) is 30.2. The second-order valence-corrected chi connectivity index (χ2v) is 20.7. The van der Waals surface area contributed by atoms with Gasteiger partial charge in [-0.2, -0.15) is 0 Å². The van der Waals surface area contributed by atoms with Crippen molar-refractivity contribution in [1.29, 1.82) is 0 Å². The summed E-state index contributed by atoms with van der Waals surface area (Å²) in [5.74, 6) is 5.56. The molecule has 0 aromatic carbocycles. The lowest BCUT2D eigenvalue weighted by Gasteiger charge is -2.58. The molecule has 0 aliphatic heterocycles. The van der Waals surface area contributed by atoms with Crippen LogP contribution in [-0.4, -0.2) is 12.1 Å². The van der Waals surface area contributed by atoms with Gasteiger partial charge in [0.1, 0.15) is 6.10 Å². The van der Waals surface area contributed by atoms with Gasteiger partial charge in [0.15, 0.2) is 0 Å². The number of rotatable bonds is 28. The van der Waals surface area contributed by atoms with Crippen molar-refractivity contribution in [1.82, 2.24) is 0 Å². The zero-order valence-electron chi connectivity index (χ0n) is 38.1. The standard InChI is InChI=1S/C53H94O2/c1-8-10-11-12-13-14-15-16-17-18-19-20-21-22-23-24-25-26-27-28-29-30-51(54)55-46-37-39-52(6)45(41-46)33-34-47-49-36-35-48(53(49,7)40-38-50(47)52)43(5)31-32-44(9-2)42(3)4/h31-33,42-44,46-50H,8-30,34-41H2,1-7H3/b32-31+/t43-,44-,46+,47+,48-,49+,50+,52+,53-/m1/s1. The molecule has 4 aliphatic rings. The molecule has 3 saturated carbocycles. The summed E-state index contributed by atoms with van der Waals surface area (Å²) < 4.78 is 6.17. The van der Waals surface area contributed by atoms with E-state index in [0.29, 0.717) is 29.1 Å². The fraction of sp³-hybridized carbons (Fsp3) is 0.906. The molecule has 0 bridgehead atoms. The molecule has 0 saturated heterocycles. The monoisotopic (exact) mass is 763 g/mol. The van der Waals surface area contributed by atoms with Crippen LogP contribution in [0.3, 0.4) is 0 Å². The minimum atomic E-state index is 0.0629. The highest BCUT2D eigenvalue weighted by Gasteiger charge is 2.59. The van der Waals surface area contributed by atoms with E-state index in [2.05, 4.69) is 66.7 Å². The molecule has 9 atom stereocenters. The summed E-state index contributed by atoms with van der Waals surface area (Å²) in [6.07, 6.45) is 49.2. The molecule has 318 valence electrons. The Morgan fingerprint density at radius 1 is 0.691 bits per heavy atom. The van der Waals surface area contributed by atoms with Gasteiger partial charge in [-0.3, -0.25) is 4.79 Å². The lowest BCUT2D eigenvalue weighted by molar-refractivity contribution is -0.151. The first-order chi connectivity index (χ1) is 26.6. The molecule has 0 aromatic heterocycles. The Kier molecular flexibility index (Phi) is 21.0. The number of unbranched alkanes of at least 4 members (excludes halogenated alkanes) is 20. The van der Waals surface area contributed by atoms with Crippen LogP contribution in [-0.2, 0) is 9.53 Å². The minimum Gasteiger partial charge on any atom is -0.462 e. The van der Waals surface area contributed by atoms with Crippen LogP contribution in [0.2, 0.25) is 0 Å². The van der Waals surface area contributed by atoms with Crippen molar-refractivity contribution in [3.63, 3.8) is 0 Å². The van der Waals surface area contributed by atoms with Gasteiger partial charge in [0.2, 0.25) is 0 Å². The predicted molar refractivity (Wildman–Crippen MR) is 239 cm³/mol. The maximum atomic E-state index is 12.9. The summed E-state index contributed by atoms with van der Waals surface area (Å²) in [6.45, 7) is 17.2. The van der Waals surface area contributed by atoms with Crippen molar-refractivity contribution >= 4 is 5.97 Å². The molecule has 0 N–H and O–H groups in total. The van der Waals surface area contributed by atoms with Gasteiger partial charge in [-0.1, -0.05) is 201 Å². The molecule has 3 fully saturated rings. The van der Waals surface area contributed by atoms with Crippen molar-refractivity contribution in [2.45, 2.75) is 254 Å². The summed E-state index contributed by atoms with van der Waals surface area (Å²) in [5, 5.41) is 0. The predicted octanol–water partition coefficient (Wildman–Crippen LogP) is 17.0. The lowest BCUT2D eigenvalue weighted by Crippen LogP contribution is -2.51. The Balaban J connectivity index is 1.03. The average Bonchev–Trinajstić information content (AvgIpc) is 3.53. The fourth-order valence-corrected chi connectivity index (χ4v) is 12.9. The van der Waals surface area contributed by atoms with Crippen LogP contribution < -0.4 is 0 Å². The van der Waals surface area contributed by atoms with Crippen LogP contribution in [0.15, 0.2) is 23.8 Å². The number of esters is 1. The van der Waals surface area contributed by atoms with E-state index in [1.54, 1.807) is 5.57 Å². The molecule has 2 nitrogen and oxygen atoms in total. The minimum absolute atomic E-state index is 0.0629. The first-order valence-electron chi connectivity index (χ1n) is 25.2. The van der Waals surface area contributed by atoms with Crippen LogP contribution in [0.1, 0.15) is 248 Å². The van der Waals surface area contributed by atoms with E-state index in [4.69, 9.17) is 4.74 Å². The Morgan fingerprint density at radius 3 is 1.76 bits per heavy atom. The zero-order chi connectivity index (χ0) is 39.5. The Morgan fingerprint density at radius 2 is 1.24 bits per heavy atom. The first kappa shape index (κ1) is 46.6. The van der Waals surface area contributed by atoms with Crippen molar-refractivity contribution < 1.29 is 9.53 Å².